The van der Waals surface area contributed by atoms with Crippen LogP contribution >= 0.6 is 0 Å². The highest BCUT2D eigenvalue weighted by molar-refractivity contribution is 7.86. The monoisotopic (exact) mass is 540 g/mol. The molecule has 0 spiro atoms. The first-order chi connectivity index (χ1) is 17.9. The Morgan fingerprint density at radius 2 is 1.68 bits per heavy atom. The van der Waals surface area contributed by atoms with Crippen molar-refractivity contribution in [3.05, 3.63) is 41.5 Å². The first kappa shape index (κ1) is 28.4. The van der Waals surface area contributed by atoms with Crippen LogP contribution in [0.4, 0.5) is 0 Å². The minimum absolute atomic E-state index is 0.207. The van der Waals surface area contributed by atoms with E-state index in [9.17, 15) is 8.42 Å². The van der Waals surface area contributed by atoms with Crippen molar-refractivity contribution < 1.29 is 12.6 Å². The molecule has 212 valence electrons. The van der Waals surface area contributed by atoms with Crippen molar-refractivity contribution in [2.75, 3.05) is 0 Å². The van der Waals surface area contributed by atoms with Gasteiger partial charge in [0.25, 0.3) is 10.1 Å². The largest absolute Gasteiger partial charge is 0.297 e. The van der Waals surface area contributed by atoms with Crippen molar-refractivity contribution in [1.82, 2.24) is 0 Å². The number of benzene rings is 1. The van der Waals surface area contributed by atoms with E-state index in [-0.39, 0.29) is 16.4 Å². The van der Waals surface area contributed by atoms with E-state index in [2.05, 4.69) is 40.7 Å². The predicted octanol–water partition coefficient (Wildman–Crippen LogP) is 9.11. The van der Waals surface area contributed by atoms with E-state index in [0.29, 0.717) is 5.41 Å². The van der Waals surface area contributed by atoms with Crippen LogP contribution < -0.4 is 0 Å². The summed E-state index contributed by atoms with van der Waals surface area (Å²) in [6.45, 7) is 14.4. The molecule has 1 aromatic rings. The van der Waals surface area contributed by atoms with Gasteiger partial charge in [-0.05, 0) is 117 Å². The fraction of sp³-hybridized carbons (Fsp3) is 0.765. The molecule has 1 aromatic carbocycles. The summed E-state index contributed by atoms with van der Waals surface area (Å²) in [6, 6.07) is 7.02. The lowest BCUT2D eigenvalue weighted by Gasteiger charge is -2.58. The Labute approximate surface area is 233 Å². The molecule has 0 aromatic heterocycles. The van der Waals surface area contributed by atoms with Crippen molar-refractivity contribution >= 4 is 10.1 Å². The van der Waals surface area contributed by atoms with Gasteiger partial charge in [0.15, 0.2) is 0 Å². The lowest BCUT2D eigenvalue weighted by atomic mass is 9.47. The highest BCUT2D eigenvalue weighted by Gasteiger charge is 2.59. The van der Waals surface area contributed by atoms with Crippen molar-refractivity contribution in [2.24, 2.45) is 46.3 Å². The van der Waals surface area contributed by atoms with E-state index in [1.807, 2.05) is 19.1 Å². The van der Waals surface area contributed by atoms with Gasteiger partial charge in [0.05, 0.1) is 11.0 Å². The van der Waals surface area contributed by atoms with E-state index in [0.717, 1.165) is 60.3 Å². The lowest BCUT2D eigenvalue weighted by Crippen LogP contribution is -2.51. The van der Waals surface area contributed by atoms with Gasteiger partial charge in [0, 0.05) is 0 Å². The van der Waals surface area contributed by atoms with E-state index in [1.165, 1.54) is 56.9 Å². The maximum Gasteiger partial charge on any atom is 0.297 e. The lowest BCUT2D eigenvalue weighted by molar-refractivity contribution is -0.0556. The summed E-state index contributed by atoms with van der Waals surface area (Å²) in [4.78, 5) is 0.273. The van der Waals surface area contributed by atoms with Gasteiger partial charge in [-0.2, -0.15) is 8.42 Å². The summed E-state index contributed by atoms with van der Waals surface area (Å²) in [5.41, 5.74) is 3.24. The highest BCUT2D eigenvalue weighted by atomic mass is 32.2. The first-order valence-corrected chi connectivity index (χ1v) is 17.0. The van der Waals surface area contributed by atoms with Crippen LogP contribution in [0.2, 0.25) is 0 Å². The fourth-order valence-corrected chi connectivity index (χ4v) is 10.8. The van der Waals surface area contributed by atoms with Gasteiger partial charge in [-0.25, -0.2) is 0 Å². The van der Waals surface area contributed by atoms with Crippen LogP contribution in [0.25, 0.3) is 0 Å². The minimum atomic E-state index is -3.73. The molecule has 0 bridgehead atoms. The van der Waals surface area contributed by atoms with Gasteiger partial charge in [-0.1, -0.05) is 83.2 Å². The molecular formula is C34H52O3S. The SMILES string of the molecule is Cc1ccc(S(=O)(=O)OC2CCC3(C)C(=CCC4C3CCC3(C)C4CCC3[C@H](C)CCCC(C)C)C2)cc1. The third-order valence-corrected chi connectivity index (χ3v) is 13.2. The van der Waals surface area contributed by atoms with Crippen LogP contribution in [0, 0.1) is 53.3 Å². The van der Waals surface area contributed by atoms with E-state index in [1.54, 1.807) is 12.1 Å². The van der Waals surface area contributed by atoms with E-state index in [4.69, 9.17) is 4.18 Å². The van der Waals surface area contributed by atoms with Gasteiger partial charge in [0.1, 0.15) is 0 Å². The average molecular weight is 541 g/mol. The van der Waals surface area contributed by atoms with Crippen molar-refractivity contribution in [2.45, 2.75) is 123 Å². The number of hydrogen-bond acceptors (Lipinski definition) is 3. The van der Waals surface area contributed by atoms with Crippen LogP contribution in [0.3, 0.4) is 0 Å². The van der Waals surface area contributed by atoms with Crippen LogP contribution in [-0.2, 0) is 14.3 Å². The molecule has 0 N–H and O–H groups in total. The zero-order valence-corrected chi connectivity index (χ0v) is 25.7. The van der Waals surface area contributed by atoms with Crippen molar-refractivity contribution in [3.8, 4) is 0 Å². The molecule has 0 saturated heterocycles. The van der Waals surface area contributed by atoms with Gasteiger partial charge in [-0.3, -0.25) is 4.18 Å². The average Bonchev–Trinajstić information content (AvgIpc) is 3.21. The number of allylic oxidation sites excluding steroid dienone is 1. The second-order valence-electron chi connectivity index (χ2n) is 14.5. The molecule has 4 heteroatoms. The Balaban J connectivity index is 1.27. The Bertz CT molecular complexity index is 1120. The zero-order valence-electron chi connectivity index (χ0n) is 24.8. The molecular weight excluding hydrogens is 488 g/mol. The van der Waals surface area contributed by atoms with Crippen LogP contribution in [0.1, 0.15) is 111 Å². The summed E-state index contributed by atoms with van der Waals surface area (Å²) in [7, 11) is -3.73. The Morgan fingerprint density at radius 3 is 2.39 bits per heavy atom. The Kier molecular flexibility index (Phi) is 7.99. The van der Waals surface area contributed by atoms with Gasteiger partial charge in [-0.15, -0.1) is 0 Å². The number of rotatable bonds is 8. The summed E-state index contributed by atoms with van der Waals surface area (Å²) in [5, 5.41) is 0. The molecule has 7 unspecified atom stereocenters. The molecule has 4 aliphatic carbocycles. The van der Waals surface area contributed by atoms with Crippen LogP contribution in [0.5, 0.6) is 0 Å². The molecule has 8 atom stereocenters. The molecule has 0 heterocycles. The minimum Gasteiger partial charge on any atom is -0.263 e. The summed E-state index contributed by atoms with van der Waals surface area (Å²) in [5.74, 6) is 4.93. The van der Waals surface area contributed by atoms with Gasteiger partial charge in [0.2, 0.25) is 0 Å². The molecule has 0 amide bonds. The number of aryl methyl sites for hydroxylation is 1. The highest BCUT2D eigenvalue weighted by Crippen LogP contribution is 2.67. The number of hydrogen-bond donors (Lipinski definition) is 0. The summed E-state index contributed by atoms with van der Waals surface area (Å²) >= 11 is 0. The third kappa shape index (κ3) is 5.18. The third-order valence-electron chi connectivity index (χ3n) is 11.8. The fourth-order valence-electron chi connectivity index (χ4n) is 9.67. The first-order valence-electron chi connectivity index (χ1n) is 15.6. The standard InChI is InChI=1S/C34H52O3S/c1-23(2)8-7-9-25(4)30-16-17-31-29-15-12-26-22-27(37-38(35,36)28-13-10-24(3)11-14-28)18-20-33(26,5)32(29)19-21-34(30,31)6/h10-14,23,25,27,29-32H,7-9,15-22H2,1-6H3/t25-,27?,29?,30?,31?,32?,33?,34?/m1/s1. The normalized spacial score (nSPS) is 37.8. The van der Waals surface area contributed by atoms with Crippen molar-refractivity contribution in [1.29, 1.82) is 0 Å². The molecule has 38 heavy (non-hydrogen) atoms. The van der Waals surface area contributed by atoms with Gasteiger partial charge >= 0.3 is 0 Å². The topological polar surface area (TPSA) is 43.4 Å². The van der Waals surface area contributed by atoms with Crippen LogP contribution in [0.15, 0.2) is 40.8 Å². The Morgan fingerprint density at radius 1 is 0.947 bits per heavy atom. The molecule has 3 saturated carbocycles. The summed E-state index contributed by atoms with van der Waals surface area (Å²) < 4.78 is 31.8. The Hall–Kier alpha value is -1.13. The quantitative estimate of drug-likeness (QED) is 0.244. The summed E-state index contributed by atoms with van der Waals surface area (Å²) in [6.07, 6.45) is 15.8. The maximum atomic E-state index is 13.0. The molecule has 0 aliphatic heterocycles. The second kappa shape index (κ2) is 10.7. The maximum absolute atomic E-state index is 13.0. The molecule has 5 rings (SSSR count). The molecule has 3 fully saturated rings. The number of fused-ring (bicyclic) bond motifs is 5. The van der Waals surface area contributed by atoms with Crippen LogP contribution in [-0.4, -0.2) is 14.5 Å². The zero-order chi connectivity index (χ0) is 27.3. The van der Waals surface area contributed by atoms with Crippen molar-refractivity contribution in [3.63, 3.8) is 0 Å². The van der Waals surface area contributed by atoms with E-state index < -0.39 is 10.1 Å². The molecule has 0 radical (unpaired) electrons. The molecule has 3 nitrogen and oxygen atoms in total. The van der Waals surface area contributed by atoms with Gasteiger partial charge < -0.3 is 0 Å². The smallest absolute Gasteiger partial charge is 0.263 e. The van der Waals surface area contributed by atoms with E-state index >= 15 is 0 Å². The second-order valence-corrected chi connectivity index (χ2v) is 16.1. The predicted molar refractivity (Wildman–Crippen MR) is 156 cm³/mol. The molecule has 4 aliphatic rings.